The Kier molecular flexibility index (Phi) is 5.22. The Labute approximate surface area is 153 Å². The van der Waals surface area contributed by atoms with Crippen molar-refractivity contribution in [1.82, 2.24) is 9.97 Å². The van der Waals surface area contributed by atoms with E-state index in [4.69, 9.17) is 15.2 Å². The quantitative estimate of drug-likeness (QED) is 0.669. The molecular formula is C20H22N4O2. The molecule has 0 saturated heterocycles. The number of nitrogens with two attached hydrogens (primary N) is 1. The number of benzene rings is 2. The Morgan fingerprint density at radius 3 is 2.19 bits per heavy atom. The molecule has 0 unspecified atom stereocenters. The first-order chi connectivity index (χ1) is 12.6. The van der Waals surface area contributed by atoms with Gasteiger partial charge < -0.3 is 20.5 Å². The molecule has 26 heavy (non-hydrogen) atoms. The molecule has 0 aliphatic rings. The first kappa shape index (κ1) is 17.5. The van der Waals surface area contributed by atoms with Gasteiger partial charge in [-0.25, -0.2) is 4.98 Å². The summed E-state index contributed by atoms with van der Waals surface area (Å²) in [6.07, 6.45) is 1.42. The Balaban J connectivity index is 1.77. The van der Waals surface area contributed by atoms with E-state index >= 15 is 0 Å². The highest BCUT2D eigenvalue weighted by Crippen LogP contribution is 2.31. The first-order valence-corrected chi connectivity index (χ1v) is 8.36. The van der Waals surface area contributed by atoms with Gasteiger partial charge in [0.05, 0.1) is 7.11 Å². The molecule has 0 amide bonds. The predicted molar refractivity (Wildman–Crippen MR) is 103 cm³/mol. The van der Waals surface area contributed by atoms with Gasteiger partial charge in [-0.3, -0.25) is 0 Å². The van der Waals surface area contributed by atoms with Gasteiger partial charge in [-0.15, -0.1) is 0 Å². The predicted octanol–water partition coefficient (Wildman–Crippen LogP) is 4.73. The number of rotatable bonds is 6. The average molecular weight is 350 g/mol. The van der Waals surface area contributed by atoms with Crippen molar-refractivity contribution in [1.29, 1.82) is 0 Å². The van der Waals surface area contributed by atoms with E-state index in [2.05, 4.69) is 41.3 Å². The summed E-state index contributed by atoms with van der Waals surface area (Å²) in [5, 5.41) is 3.21. The minimum absolute atomic E-state index is 0.298. The topological polar surface area (TPSA) is 82.3 Å². The maximum Gasteiger partial charge on any atom is 0.248 e. The van der Waals surface area contributed by atoms with Gasteiger partial charge in [-0.05, 0) is 47.9 Å². The molecule has 3 N–H and O–H groups in total. The van der Waals surface area contributed by atoms with Crippen molar-refractivity contribution < 1.29 is 9.47 Å². The van der Waals surface area contributed by atoms with Gasteiger partial charge in [0.2, 0.25) is 5.88 Å². The van der Waals surface area contributed by atoms with E-state index in [1.165, 1.54) is 11.9 Å². The van der Waals surface area contributed by atoms with Crippen molar-refractivity contribution in [2.24, 2.45) is 0 Å². The van der Waals surface area contributed by atoms with Crippen molar-refractivity contribution in [2.45, 2.75) is 19.8 Å². The van der Waals surface area contributed by atoms with E-state index in [9.17, 15) is 0 Å². The second-order valence-corrected chi connectivity index (χ2v) is 6.12. The molecule has 2 aromatic carbocycles. The molecule has 1 aromatic heterocycles. The van der Waals surface area contributed by atoms with Crippen LogP contribution in [-0.4, -0.2) is 17.1 Å². The number of hydrogen-bond acceptors (Lipinski definition) is 6. The Morgan fingerprint density at radius 1 is 0.923 bits per heavy atom. The molecule has 0 saturated carbocycles. The number of hydrogen-bond donors (Lipinski definition) is 2. The fourth-order valence-corrected chi connectivity index (χ4v) is 2.40. The van der Waals surface area contributed by atoms with Crippen LogP contribution in [0.3, 0.4) is 0 Å². The van der Waals surface area contributed by atoms with Crippen LogP contribution in [-0.2, 0) is 0 Å². The van der Waals surface area contributed by atoms with E-state index in [0.717, 1.165) is 11.4 Å². The van der Waals surface area contributed by atoms with Gasteiger partial charge >= 0.3 is 0 Å². The van der Waals surface area contributed by atoms with Crippen molar-refractivity contribution in [3.63, 3.8) is 0 Å². The summed E-state index contributed by atoms with van der Waals surface area (Å²) in [6, 6.07) is 15.4. The molecule has 0 radical (unpaired) electrons. The highest BCUT2D eigenvalue weighted by molar-refractivity contribution is 5.72. The van der Waals surface area contributed by atoms with Crippen LogP contribution in [0.2, 0.25) is 0 Å². The summed E-state index contributed by atoms with van der Waals surface area (Å²) in [5.74, 6) is 2.65. The second kappa shape index (κ2) is 7.74. The molecule has 1 heterocycles. The number of nitrogens with zero attached hydrogens (tertiary/aromatic N) is 2. The molecule has 0 aliphatic heterocycles. The second-order valence-electron chi connectivity index (χ2n) is 6.12. The zero-order valence-electron chi connectivity index (χ0n) is 15.1. The molecule has 134 valence electrons. The lowest BCUT2D eigenvalue weighted by Crippen LogP contribution is -2.03. The smallest absolute Gasteiger partial charge is 0.248 e. The number of anilines is 3. The molecular weight excluding hydrogens is 328 g/mol. The van der Waals surface area contributed by atoms with Crippen LogP contribution in [0.15, 0.2) is 54.9 Å². The summed E-state index contributed by atoms with van der Waals surface area (Å²) >= 11 is 0. The van der Waals surface area contributed by atoms with Gasteiger partial charge in [-0.1, -0.05) is 26.0 Å². The third-order valence-corrected chi connectivity index (χ3v) is 3.96. The third-order valence-electron chi connectivity index (χ3n) is 3.96. The van der Waals surface area contributed by atoms with Crippen LogP contribution < -0.4 is 20.5 Å². The fraction of sp³-hybridized carbons (Fsp3) is 0.200. The summed E-state index contributed by atoms with van der Waals surface area (Å²) in [6.45, 7) is 4.32. The number of ether oxygens (including phenoxy) is 2. The SMILES string of the molecule is COc1ccc(Oc2ncnc(Nc3ccc(C(C)C)cc3)c2N)cc1. The number of methoxy groups -OCH3 is 1. The lowest BCUT2D eigenvalue weighted by Gasteiger charge is -2.13. The zero-order valence-corrected chi connectivity index (χ0v) is 15.1. The molecule has 0 fully saturated rings. The third kappa shape index (κ3) is 4.03. The Hall–Kier alpha value is -3.28. The molecule has 3 rings (SSSR count). The van der Waals surface area contributed by atoms with Gasteiger partial charge in [0.15, 0.2) is 5.82 Å². The van der Waals surface area contributed by atoms with Gasteiger partial charge in [0, 0.05) is 5.69 Å². The van der Waals surface area contributed by atoms with Crippen molar-refractivity contribution in [2.75, 3.05) is 18.2 Å². The number of nitrogens with one attached hydrogen (secondary N) is 1. The molecule has 0 spiro atoms. The van der Waals surface area contributed by atoms with Crippen LogP contribution in [0.1, 0.15) is 25.3 Å². The van der Waals surface area contributed by atoms with Gasteiger partial charge in [-0.2, -0.15) is 4.98 Å². The molecule has 0 atom stereocenters. The van der Waals surface area contributed by atoms with Crippen molar-refractivity contribution in [3.8, 4) is 17.4 Å². The first-order valence-electron chi connectivity index (χ1n) is 8.36. The summed E-state index contributed by atoms with van der Waals surface area (Å²) < 4.78 is 10.9. The molecule has 3 aromatic rings. The minimum atomic E-state index is 0.298. The maximum absolute atomic E-state index is 6.18. The number of nitrogen functional groups attached to an aromatic ring is 1. The normalized spacial score (nSPS) is 10.6. The highest BCUT2D eigenvalue weighted by Gasteiger charge is 2.11. The largest absolute Gasteiger partial charge is 0.497 e. The van der Waals surface area contributed by atoms with Crippen molar-refractivity contribution >= 4 is 17.2 Å². The van der Waals surface area contributed by atoms with E-state index in [-0.39, 0.29) is 0 Å². The lowest BCUT2D eigenvalue weighted by atomic mass is 10.0. The standard InChI is InChI=1S/C20H22N4O2/c1-13(2)14-4-6-15(7-5-14)24-19-18(21)20(23-12-22-19)26-17-10-8-16(25-3)9-11-17/h4-13H,21H2,1-3H3,(H,22,23,24). The zero-order chi connectivity index (χ0) is 18.5. The lowest BCUT2D eigenvalue weighted by molar-refractivity contribution is 0.412. The van der Waals surface area contributed by atoms with E-state index in [1.54, 1.807) is 19.2 Å². The molecule has 6 heteroatoms. The Morgan fingerprint density at radius 2 is 1.58 bits per heavy atom. The van der Waals surface area contributed by atoms with Crippen molar-refractivity contribution in [3.05, 3.63) is 60.4 Å². The summed E-state index contributed by atoms with van der Waals surface area (Å²) in [5.41, 5.74) is 8.69. The molecule has 6 nitrogen and oxygen atoms in total. The van der Waals surface area contributed by atoms with Crippen LogP contribution >= 0.6 is 0 Å². The highest BCUT2D eigenvalue weighted by atomic mass is 16.5. The Bertz CT molecular complexity index is 862. The van der Waals surface area contributed by atoms with Gasteiger partial charge in [0.1, 0.15) is 23.5 Å². The van der Waals surface area contributed by atoms with E-state index in [0.29, 0.717) is 29.1 Å². The van der Waals surface area contributed by atoms with Crippen LogP contribution in [0.4, 0.5) is 17.2 Å². The number of aromatic nitrogens is 2. The van der Waals surface area contributed by atoms with Crippen LogP contribution in [0.5, 0.6) is 17.4 Å². The monoisotopic (exact) mass is 350 g/mol. The summed E-state index contributed by atoms with van der Waals surface area (Å²) in [7, 11) is 1.61. The van der Waals surface area contributed by atoms with Crippen LogP contribution in [0, 0.1) is 0 Å². The van der Waals surface area contributed by atoms with Gasteiger partial charge in [0.25, 0.3) is 0 Å². The molecule has 0 aliphatic carbocycles. The van der Waals surface area contributed by atoms with E-state index < -0.39 is 0 Å². The maximum atomic E-state index is 6.18. The minimum Gasteiger partial charge on any atom is -0.497 e. The van der Waals surface area contributed by atoms with Crippen LogP contribution in [0.25, 0.3) is 0 Å². The fourth-order valence-electron chi connectivity index (χ4n) is 2.40. The average Bonchev–Trinajstić information content (AvgIpc) is 2.66. The van der Waals surface area contributed by atoms with E-state index in [1.807, 2.05) is 24.3 Å². The molecule has 0 bridgehead atoms. The summed E-state index contributed by atoms with van der Waals surface area (Å²) in [4.78, 5) is 8.34.